The SMILES string of the molecule is C[C@H]1C(=O)NCCCCC/C=C/[C@@H]1O[Si](C)(C)C(C)(C)C. The van der Waals surface area contributed by atoms with Gasteiger partial charge in [-0.05, 0) is 37.4 Å². The molecule has 122 valence electrons. The molecule has 0 saturated carbocycles. The molecular formula is C17H33NO2Si. The number of nitrogens with one attached hydrogen (secondary N) is 1. The van der Waals surface area contributed by atoms with Crippen molar-refractivity contribution in [3.8, 4) is 0 Å². The van der Waals surface area contributed by atoms with E-state index in [-0.39, 0.29) is 23.0 Å². The third-order valence-electron chi connectivity index (χ3n) is 4.82. The second-order valence-electron chi connectivity index (χ2n) is 7.70. The van der Waals surface area contributed by atoms with Crippen molar-refractivity contribution in [3.63, 3.8) is 0 Å². The van der Waals surface area contributed by atoms with Gasteiger partial charge >= 0.3 is 0 Å². The number of carbonyl (C=O) groups is 1. The lowest BCUT2D eigenvalue weighted by molar-refractivity contribution is -0.126. The topological polar surface area (TPSA) is 38.3 Å². The van der Waals surface area contributed by atoms with Crippen LogP contribution < -0.4 is 5.32 Å². The summed E-state index contributed by atoms with van der Waals surface area (Å²) in [7, 11) is -1.88. The number of rotatable bonds is 2. The molecule has 1 aliphatic rings. The number of allylic oxidation sites excluding steroid dienone is 1. The maximum atomic E-state index is 12.3. The maximum absolute atomic E-state index is 12.3. The third-order valence-corrected chi connectivity index (χ3v) is 9.29. The van der Waals surface area contributed by atoms with Gasteiger partial charge in [-0.1, -0.05) is 46.3 Å². The highest BCUT2D eigenvalue weighted by atomic mass is 28.4. The van der Waals surface area contributed by atoms with E-state index in [9.17, 15) is 4.79 Å². The number of amides is 1. The summed E-state index contributed by atoms with van der Waals surface area (Å²) in [4.78, 5) is 12.3. The molecule has 1 rings (SSSR count). The first-order valence-corrected chi connectivity index (χ1v) is 11.2. The highest BCUT2D eigenvalue weighted by Gasteiger charge is 2.40. The molecule has 0 radical (unpaired) electrons. The van der Waals surface area contributed by atoms with Gasteiger partial charge in [0.25, 0.3) is 0 Å². The fourth-order valence-electron chi connectivity index (χ4n) is 2.14. The minimum atomic E-state index is -1.88. The van der Waals surface area contributed by atoms with Crippen LogP contribution in [0.15, 0.2) is 12.2 Å². The maximum Gasteiger partial charge on any atom is 0.225 e. The van der Waals surface area contributed by atoms with Crippen LogP contribution in [0.1, 0.15) is 53.4 Å². The van der Waals surface area contributed by atoms with E-state index in [1.807, 2.05) is 6.92 Å². The summed E-state index contributed by atoms with van der Waals surface area (Å²) in [6.45, 7) is 14.0. The van der Waals surface area contributed by atoms with Crippen LogP contribution in [0.25, 0.3) is 0 Å². The fraction of sp³-hybridized carbons (Fsp3) is 0.824. The molecule has 1 N–H and O–H groups in total. The van der Waals surface area contributed by atoms with Gasteiger partial charge in [0, 0.05) is 6.54 Å². The molecule has 21 heavy (non-hydrogen) atoms. The Bertz CT molecular complexity index is 371. The summed E-state index contributed by atoms with van der Waals surface area (Å²) in [6, 6.07) is 0. The van der Waals surface area contributed by atoms with Gasteiger partial charge in [-0.3, -0.25) is 4.79 Å². The first-order chi connectivity index (χ1) is 9.65. The van der Waals surface area contributed by atoms with Gasteiger partial charge in [-0.25, -0.2) is 0 Å². The minimum Gasteiger partial charge on any atom is -0.410 e. The Hall–Kier alpha value is -0.613. The van der Waals surface area contributed by atoms with Gasteiger partial charge in [0.2, 0.25) is 5.91 Å². The lowest BCUT2D eigenvalue weighted by Gasteiger charge is -2.39. The average Bonchev–Trinajstić information content (AvgIpc) is 2.39. The zero-order valence-electron chi connectivity index (χ0n) is 14.7. The Balaban J connectivity index is 2.88. The number of hydrogen-bond donors (Lipinski definition) is 1. The van der Waals surface area contributed by atoms with Crippen LogP contribution in [0.5, 0.6) is 0 Å². The highest BCUT2D eigenvalue weighted by molar-refractivity contribution is 6.74. The lowest BCUT2D eigenvalue weighted by atomic mass is 10.0. The van der Waals surface area contributed by atoms with Crippen LogP contribution in [0.2, 0.25) is 18.1 Å². The van der Waals surface area contributed by atoms with E-state index in [0.29, 0.717) is 0 Å². The van der Waals surface area contributed by atoms with Crippen LogP contribution in [0, 0.1) is 5.92 Å². The fourth-order valence-corrected chi connectivity index (χ4v) is 3.46. The summed E-state index contributed by atoms with van der Waals surface area (Å²) in [5, 5.41) is 3.20. The Kier molecular flexibility index (Phi) is 6.66. The minimum absolute atomic E-state index is 0.107. The Labute approximate surface area is 131 Å². The summed E-state index contributed by atoms with van der Waals surface area (Å²) in [6.07, 6.45) is 8.73. The summed E-state index contributed by atoms with van der Waals surface area (Å²) < 4.78 is 6.49. The van der Waals surface area contributed by atoms with Crippen molar-refractivity contribution in [1.82, 2.24) is 5.32 Å². The van der Waals surface area contributed by atoms with Crippen molar-refractivity contribution in [2.24, 2.45) is 5.92 Å². The Morgan fingerprint density at radius 2 is 1.90 bits per heavy atom. The first-order valence-electron chi connectivity index (χ1n) is 8.27. The smallest absolute Gasteiger partial charge is 0.225 e. The predicted octanol–water partition coefficient (Wildman–Crippen LogP) is 4.26. The van der Waals surface area contributed by atoms with Gasteiger partial charge in [-0.2, -0.15) is 0 Å². The largest absolute Gasteiger partial charge is 0.410 e. The van der Waals surface area contributed by atoms with Crippen molar-refractivity contribution in [3.05, 3.63) is 12.2 Å². The average molecular weight is 312 g/mol. The number of hydrogen-bond acceptors (Lipinski definition) is 2. The van der Waals surface area contributed by atoms with Gasteiger partial charge in [0.05, 0.1) is 12.0 Å². The molecule has 2 atom stereocenters. The van der Waals surface area contributed by atoms with E-state index in [1.54, 1.807) is 0 Å². The molecule has 0 bridgehead atoms. The van der Waals surface area contributed by atoms with Crippen LogP contribution in [0.4, 0.5) is 0 Å². The second-order valence-corrected chi connectivity index (χ2v) is 12.5. The Morgan fingerprint density at radius 3 is 2.52 bits per heavy atom. The molecule has 0 aromatic rings. The summed E-state index contributed by atoms with van der Waals surface area (Å²) in [5.41, 5.74) is 0. The molecular weight excluding hydrogens is 278 g/mol. The molecule has 0 unspecified atom stereocenters. The standard InChI is InChI=1S/C17H33NO2Si/c1-14-15(20-21(5,6)17(2,3)4)12-10-8-7-9-11-13-18-16(14)19/h10,12,14-15H,7-9,11,13H2,1-6H3,(H,18,19)/b12-10+/t14-,15+/m1/s1. The van der Waals surface area contributed by atoms with Crippen LogP contribution in [-0.2, 0) is 9.22 Å². The second kappa shape index (κ2) is 7.59. The van der Waals surface area contributed by atoms with E-state index in [2.05, 4.69) is 51.3 Å². The van der Waals surface area contributed by atoms with E-state index < -0.39 is 8.32 Å². The van der Waals surface area contributed by atoms with E-state index in [1.165, 1.54) is 12.8 Å². The van der Waals surface area contributed by atoms with Crippen molar-refractivity contribution in [2.45, 2.75) is 77.6 Å². The van der Waals surface area contributed by atoms with Gasteiger partial charge in [0.15, 0.2) is 8.32 Å². The summed E-state index contributed by atoms with van der Waals surface area (Å²) in [5.74, 6) is -0.0151. The molecule has 1 aliphatic heterocycles. The van der Waals surface area contributed by atoms with Crippen LogP contribution >= 0.6 is 0 Å². The zero-order valence-corrected chi connectivity index (χ0v) is 15.7. The third kappa shape index (κ3) is 5.59. The van der Waals surface area contributed by atoms with Crippen molar-refractivity contribution in [2.75, 3.05) is 6.54 Å². The highest BCUT2D eigenvalue weighted by Crippen LogP contribution is 2.38. The molecule has 0 saturated heterocycles. The van der Waals surface area contributed by atoms with Crippen LogP contribution in [-0.4, -0.2) is 26.9 Å². The molecule has 0 fully saturated rings. The molecule has 3 nitrogen and oxygen atoms in total. The van der Waals surface area contributed by atoms with Gasteiger partial charge in [-0.15, -0.1) is 0 Å². The normalized spacial score (nSPS) is 27.6. The Morgan fingerprint density at radius 1 is 1.24 bits per heavy atom. The monoisotopic (exact) mass is 311 g/mol. The molecule has 0 spiro atoms. The van der Waals surface area contributed by atoms with Crippen molar-refractivity contribution < 1.29 is 9.22 Å². The van der Waals surface area contributed by atoms with Crippen LogP contribution in [0.3, 0.4) is 0 Å². The molecule has 4 heteroatoms. The van der Waals surface area contributed by atoms with Gasteiger partial charge < -0.3 is 9.74 Å². The van der Waals surface area contributed by atoms with E-state index in [4.69, 9.17) is 4.43 Å². The first kappa shape index (κ1) is 18.4. The summed E-state index contributed by atoms with van der Waals surface area (Å²) >= 11 is 0. The zero-order chi connectivity index (χ0) is 16.1. The molecule has 0 aliphatic carbocycles. The van der Waals surface area contributed by atoms with E-state index >= 15 is 0 Å². The molecule has 0 aromatic heterocycles. The molecule has 0 aromatic carbocycles. The lowest BCUT2D eigenvalue weighted by Crippen LogP contribution is -2.47. The quantitative estimate of drug-likeness (QED) is 0.611. The van der Waals surface area contributed by atoms with Crippen molar-refractivity contribution in [1.29, 1.82) is 0 Å². The molecule has 1 heterocycles. The van der Waals surface area contributed by atoms with E-state index in [0.717, 1.165) is 19.4 Å². The van der Waals surface area contributed by atoms with Gasteiger partial charge in [0.1, 0.15) is 0 Å². The predicted molar refractivity (Wildman–Crippen MR) is 91.9 cm³/mol. The van der Waals surface area contributed by atoms with Crippen molar-refractivity contribution >= 4 is 14.2 Å². The number of carbonyl (C=O) groups excluding carboxylic acids is 1. The molecule has 1 amide bonds.